The molecule has 3 atom stereocenters. The van der Waals surface area contributed by atoms with Crippen LogP contribution in [0.25, 0.3) is 22.1 Å². The zero-order valence-electron chi connectivity index (χ0n) is 51.2. The van der Waals surface area contributed by atoms with Gasteiger partial charge in [-0.25, -0.2) is 57.4 Å². The van der Waals surface area contributed by atoms with Crippen molar-refractivity contribution >= 4 is 170 Å². The largest absolute Gasteiger partial charge is 0.465 e. The van der Waals surface area contributed by atoms with Crippen molar-refractivity contribution in [2.45, 2.75) is 56.7 Å². The Balaban J connectivity index is 0.000000132. The van der Waals surface area contributed by atoms with Crippen molar-refractivity contribution in [3.8, 4) is 0 Å². The topological polar surface area (TPSA) is 393 Å². The molecule has 0 radical (unpaired) electrons. The third-order valence-corrected chi connectivity index (χ3v) is 18.2. The van der Waals surface area contributed by atoms with Gasteiger partial charge in [0.15, 0.2) is 43.1 Å². The Kier molecular flexibility index (Phi) is 24.4. The molecule has 0 spiro atoms. The van der Waals surface area contributed by atoms with Crippen LogP contribution in [0.4, 0.5) is 49.9 Å². The van der Waals surface area contributed by atoms with Gasteiger partial charge in [-0.3, -0.25) is 0 Å². The fourth-order valence-electron chi connectivity index (χ4n) is 9.76. The van der Waals surface area contributed by atoms with E-state index in [-0.39, 0.29) is 35.9 Å². The second-order valence-electron chi connectivity index (χ2n) is 20.4. The van der Waals surface area contributed by atoms with Crippen LogP contribution in [-0.4, -0.2) is 190 Å². The number of hydrogen-bond acceptors (Lipinski definition) is 32. The first-order chi connectivity index (χ1) is 46.6. The van der Waals surface area contributed by atoms with Crippen molar-refractivity contribution in [1.82, 2.24) is 83.6 Å². The highest BCUT2D eigenvalue weighted by Gasteiger charge is 2.29. The molecule has 12 aromatic rings. The number of methoxy groups -OCH3 is 3. The molecule has 0 unspecified atom stereocenters. The normalized spacial score (nSPS) is 15.5. The summed E-state index contributed by atoms with van der Waals surface area (Å²) >= 11 is 22.2. The number of aliphatic hydroxyl groups excluding tert-OH is 3. The van der Waals surface area contributed by atoms with Crippen molar-refractivity contribution in [3.05, 3.63) is 134 Å². The minimum atomic E-state index is -0.427. The van der Waals surface area contributed by atoms with Gasteiger partial charge in [0.2, 0.25) is 22.5 Å². The second kappa shape index (κ2) is 33.5. The zero-order chi connectivity index (χ0) is 67.7. The van der Waals surface area contributed by atoms with Crippen molar-refractivity contribution in [2.24, 2.45) is 0 Å². The Morgan fingerprint density at radius 2 is 1.01 bits per heavy atom. The summed E-state index contributed by atoms with van der Waals surface area (Å²) in [5.74, 6) is 1.79. The molecule has 15 heterocycles. The number of nitrogens with two attached hydrogens (primary N) is 1. The minimum absolute atomic E-state index is 0.0293. The van der Waals surface area contributed by atoms with E-state index in [1.54, 1.807) is 32.1 Å². The predicted molar refractivity (Wildman–Crippen MR) is 367 cm³/mol. The average Bonchev–Trinajstić information content (AvgIpc) is 1.67. The number of esters is 3. The van der Waals surface area contributed by atoms with Crippen LogP contribution < -0.4 is 36.8 Å². The molecule has 3 saturated heterocycles. The maximum Gasteiger partial charge on any atom is 0.349 e. The minimum Gasteiger partial charge on any atom is -0.465 e. The summed E-state index contributed by atoms with van der Waals surface area (Å²) in [7, 11) is 3.98. The number of fused-ring (bicyclic) bond motifs is 4. The van der Waals surface area contributed by atoms with Crippen molar-refractivity contribution in [2.75, 3.05) is 92.3 Å². The SMILES string of the molecule is COC(=O)c1cnc(N)s1.COC(=O)c1cnc(Nc2nc(Cl)nn3cccc23)s1.COC(=O)c1cnc(Nc2nc(N3CCC[C@H]3CO)nn3cccc23)s1.Clc1nc(Cl)c2cccn2n1.OC[C@@H]1CCCN1.OC[C@@H]1CCCN1c1nc(Nc2nccs2)c2cccn2n1. The molecule has 0 aliphatic carbocycles. The molecule has 32 nitrogen and oxygen atoms in total. The van der Waals surface area contributed by atoms with E-state index < -0.39 is 17.9 Å². The predicted octanol–water partition coefficient (Wildman–Crippen LogP) is 8.22. The van der Waals surface area contributed by atoms with Gasteiger partial charge in [-0.15, -0.1) is 31.7 Å². The molecule has 0 saturated carbocycles. The van der Waals surface area contributed by atoms with Crippen molar-refractivity contribution in [3.63, 3.8) is 0 Å². The molecule has 3 fully saturated rings. The first kappa shape index (κ1) is 69.7. The van der Waals surface area contributed by atoms with E-state index in [2.05, 4.69) is 95.9 Å². The van der Waals surface area contributed by atoms with Gasteiger partial charge in [-0.05, 0) is 117 Å². The van der Waals surface area contributed by atoms with Crippen LogP contribution in [0.5, 0.6) is 0 Å². The van der Waals surface area contributed by atoms with E-state index in [9.17, 15) is 24.6 Å². The molecule has 39 heteroatoms. The Hall–Kier alpha value is -9.08. The second-order valence-corrected chi connectivity index (χ2v) is 25.5. The van der Waals surface area contributed by atoms with Crippen molar-refractivity contribution in [1.29, 1.82) is 0 Å². The number of thiazole rings is 4. The molecule has 504 valence electrons. The highest BCUT2D eigenvalue weighted by molar-refractivity contribution is 7.18. The van der Waals surface area contributed by atoms with Gasteiger partial charge in [0.05, 0.1) is 71.8 Å². The summed E-state index contributed by atoms with van der Waals surface area (Å²) in [5, 5.41) is 62.0. The van der Waals surface area contributed by atoms with E-state index in [4.69, 9.17) is 50.4 Å². The summed E-state index contributed by atoms with van der Waals surface area (Å²) in [6.07, 6.45) is 19.6. The number of halogens is 3. The van der Waals surface area contributed by atoms with Crippen molar-refractivity contribution < 1.29 is 43.9 Å². The molecule has 15 rings (SSSR count). The molecule has 3 aliphatic rings. The van der Waals surface area contributed by atoms with Crippen LogP contribution in [0, 0.1) is 0 Å². The number of ether oxygens (including phenoxy) is 3. The molecule has 0 aromatic carbocycles. The number of nitrogens with zero attached hydrogens (tertiary/aromatic N) is 18. The number of aliphatic hydroxyl groups is 3. The molecule has 0 amide bonds. The molecule has 3 aliphatic heterocycles. The van der Waals surface area contributed by atoms with E-state index in [1.165, 1.54) is 80.4 Å². The summed E-state index contributed by atoms with van der Waals surface area (Å²) in [6.45, 7) is 3.27. The van der Waals surface area contributed by atoms with Crippen LogP contribution in [0.15, 0.2) is 103 Å². The summed E-state index contributed by atoms with van der Waals surface area (Å²) in [5.41, 5.74) is 8.48. The summed E-state index contributed by atoms with van der Waals surface area (Å²) in [4.78, 5) is 72.5. The van der Waals surface area contributed by atoms with Crippen LogP contribution in [-0.2, 0) is 14.2 Å². The third kappa shape index (κ3) is 17.7. The molecule has 96 heavy (non-hydrogen) atoms. The standard InChI is InChI=1S/C16H18N6O3S.C14H16N6OS.C11H8ClN5O2S.C6H3Cl2N3.C5H6N2O2S.C5H11NO/c1-25-14(24)12-8-17-16(26-12)19-13-11-5-3-7-22(11)20-15(18-13)21-6-2-4-10(21)9-23;21-9-10-3-1-6-19(10)13-16-12(17-14-15-5-8-22-14)11-4-2-7-20(11)18-13;1-19-9(18)7-5-13-11(20-7)15-8-6-3-2-4-17(6)16-10(12)14-8;7-5-4-2-1-3-11(4)10-6(8)9-5;1-9-4(8)3-2-7-5(6)10-3;7-4-5-2-1-3-6-5/h3,5,7-8,10,23H,2,4,6,9H2,1H3,(H,17,18,19,20);2,4-5,7-8,10,21H,1,3,6,9H2,(H,15,16,17,18);2-5H,1H3,(H,13,14,15,16);1-3H;2H,1H3,(H2,6,7);5-7H,1-4H2/t2*10-;;;;5-/m00...0/s1. The Morgan fingerprint density at radius 1 is 0.562 bits per heavy atom. The fourth-order valence-corrected chi connectivity index (χ4v) is 13.0. The van der Waals surface area contributed by atoms with Gasteiger partial charge in [-0.1, -0.05) is 45.6 Å². The highest BCUT2D eigenvalue weighted by Crippen LogP contribution is 2.31. The van der Waals surface area contributed by atoms with Crippen LogP contribution in [0.1, 0.15) is 67.5 Å². The van der Waals surface area contributed by atoms with Crippen LogP contribution >= 0.6 is 80.1 Å². The number of carbonyl (C=O) groups excluding carboxylic acids is 3. The number of rotatable bonds is 14. The lowest BCUT2D eigenvalue weighted by Gasteiger charge is -2.23. The number of hydrogen-bond donors (Lipinski definition) is 8. The van der Waals surface area contributed by atoms with Gasteiger partial charge in [0.25, 0.3) is 0 Å². The molecule has 0 bridgehead atoms. The van der Waals surface area contributed by atoms with Crippen LogP contribution in [0.2, 0.25) is 15.7 Å². The lowest BCUT2D eigenvalue weighted by Crippen LogP contribution is -2.34. The number of carbonyl (C=O) groups is 3. The molecule has 9 N–H and O–H groups in total. The Labute approximate surface area is 576 Å². The van der Waals surface area contributed by atoms with E-state index in [0.29, 0.717) is 71.4 Å². The maximum atomic E-state index is 11.6. The van der Waals surface area contributed by atoms with Gasteiger partial charge in [0.1, 0.15) is 36.7 Å². The summed E-state index contributed by atoms with van der Waals surface area (Å²) in [6, 6.07) is 15.5. The smallest absolute Gasteiger partial charge is 0.349 e. The number of nitrogens with one attached hydrogen (secondary N) is 4. The van der Waals surface area contributed by atoms with Gasteiger partial charge < -0.3 is 66.3 Å². The lowest BCUT2D eigenvalue weighted by molar-refractivity contribution is 0.0597. The lowest BCUT2D eigenvalue weighted by atomic mass is 10.2. The first-order valence-corrected chi connectivity index (χ1v) is 33.7. The maximum absolute atomic E-state index is 11.6. The average molecular weight is 1450 g/mol. The fraction of sp³-hybridized carbons (Fsp3) is 0.316. The number of anilines is 9. The molecular formula is C57H62Cl3N23O9S4. The van der Waals surface area contributed by atoms with E-state index >= 15 is 0 Å². The molecule has 12 aromatic heterocycles. The monoisotopic (exact) mass is 1450 g/mol. The van der Waals surface area contributed by atoms with Gasteiger partial charge >= 0.3 is 17.9 Å². The highest BCUT2D eigenvalue weighted by atomic mass is 35.5. The van der Waals surface area contributed by atoms with E-state index in [1.807, 2.05) is 75.7 Å². The molecular weight excluding hydrogens is 1390 g/mol. The number of nitrogen functional groups attached to an aromatic ring is 1. The first-order valence-electron chi connectivity index (χ1n) is 29.2. The number of aromatic nitrogens is 16. The zero-order valence-corrected chi connectivity index (χ0v) is 56.8. The van der Waals surface area contributed by atoms with Gasteiger partial charge in [0, 0.05) is 55.5 Å². The third-order valence-electron chi connectivity index (χ3n) is 14.3. The van der Waals surface area contributed by atoms with Gasteiger partial charge in [-0.2, -0.15) is 15.0 Å². The quantitative estimate of drug-likeness (QED) is 0.0375. The van der Waals surface area contributed by atoms with E-state index in [0.717, 1.165) is 96.1 Å². The van der Waals surface area contributed by atoms with Crippen LogP contribution in [0.3, 0.4) is 0 Å². The summed E-state index contributed by atoms with van der Waals surface area (Å²) < 4.78 is 20.5. The Bertz CT molecular complexity index is 4520. The Morgan fingerprint density at radius 3 is 1.44 bits per heavy atom.